The summed E-state index contributed by atoms with van der Waals surface area (Å²) in [5.74, 6) is -0.0874. The van der Waals surface area contributed by atoms with Crippen molar-refractivity contribution in [2.45, 2.75) is 13.2 Å². The highest BCUT2D eigenvalue weighted by molar-refractivity contribution is 5.15. The predicted molar refractivity (Wildman–Crippen MR) is 51.7 cm³/mol. The molecule has 2 aromatic heterocycles. The monoisotopic (exact) mass is 223 g/mol. The summed E-state index contributed by atoms with van der Waals surface area (Å²) >= 11 is 0. The van der Waals surface area contributed by atoms with Crippen molar-refractivity contribution < 1.29 is 14.6 Å². The fourth-order valence-electron chi connectivity index (χ4n) is 1.17. The van der Waals surface area contributed by atoms with Crippen molar-refractivity contribution in [3.63, 3.8) is 0 Å². The van der Waals surface area contributed by atoms with E-state index in [2.05, 4.69) is 10.3 Å². The number of hydrogen-bond donors (Lipinski definition) is 2. The van der Waals surface area contributed by atoms with Crippen LogP contribution in [0.1, 0.15) is 11.5 Å². The Bertz CT molecular complexity index is 546. The summed E-state index contributed by atoms with van der Waals surface area (Å²) in [4.78, 5) is 11.1. The Morgan fingerprint density at radius 3 is 2.94 bits per heavy atom. The van der Waals surface area contributed by atoms with Crippen molar-refractivity contribution in [2.24, 2.45) is 0 Å². The molecule has 2 N–H and O–H groups in total. The van der Waals surface area contributed by atoms with Crippen molar-refractivity contribution in [1.82, 2.24) is 15.0 Å². The topological polar surface area (TPSA) is 101 Å². The lowest BCUT2D eigenvalue weighted by atomic mass is 10.3. The molecule has 0 fully saturated rings. The smallest absolute Gasteiger partial charge is 0.226 e. The number of aliphatic hydroxyl groups is 1. The van der Waals surface area contributed by atoms with Crippen LogP contribution in [0.2, 0.25) is 0 Å². The van der Waals surface area contributed by atoms with Crippen molar-refractivity contribution in [1.29, 1.82) is 0 Å². The molecule has 2 heterocycles. The van der Waals surface area contributed by atoms with Crippen LogP contribution in [-0.2, 0) is 13.2 Å². The number of aromatic nitrogens is 3. The summed E-state index contributed by atoms with van der Waals surface area (Å²) in [7, 11) is 0. The third kappa shape index (κ3) is 2.09. The van der Waals surface area contributed by atoms with Gasteiger partial charge in [0.05, 0.1) is 12.8 Å². The Morgan fingerprint density at radius 2 is 2.31 bits per heavy atom. The molecular formula is C9H9N3O4. The standard InChI is InChI=1S/C9H9N3O4/c13-4-6-2-12(11-10-6)3-7-1-8(14)9(15)5-16-7/h1-2,5,13,15H,3-4H2. The van der Waals surface area contributed by atoms with Crippen molar-refractivity contribution >= 4 is 0 Å². The molecule has 2 aromatic rings. The van der Waals surface area contributed by atoms with Crippen LogP contribution >= 0.6 is 0 Å². The molecule has 0 amide bonds. The molecule has 0 saturated heterocycles. The van der Waals surface area contributed by atoms with Crippen LogP contribution < -0.4 is 5.43 Å². The van der Waals surface area contributed by atoms with Gasteiger partial charge in [-0.2, -0.15) is 0 Å². The third-order valence-corrected chi connectivity index (χ3v) is 1.93. The fraction of sp³-hybridized carbons (Fsp3) is 0.222. The van der Waals surface area contributed by atoms with E-state index in [0.717, 1.165) is 6.26 Å². The minimum atomic E-state index is -0.510. The highest BCUT2D eigenvalue weighted by atomic mass is 16.4. The Morgan fingerprint density at radius 1 is 1.50 bits per heavy atom. The summed E-state index contributed by atoms with van der Waals surface area (Å²) in [6, 6.07) is 1.18. The molecular weight excluding hydrogens is 214 g/mol. The van der Waals surface area contributed by atoms with Crippen LogP contribution in [0.4, 0.5) is 0 Å². The average Bonchev–Trinajstić information content (AvgIpc) is 2.71. The van der Waals surface area contributed by atoms with Gasteiger partial charge in [-0.3, -0.25) is 4.79 Å². The average molecular weight is 223 g/mol. The second-order valence-corrected chi connectivity index (χ2v) is 3.16. The van der Waals surface area contributed by atoms with Gasteiger partial charge in [0.2, 0.25) is 5.43 Å². The molecule has 84 valence electrons. The zero-order valence-electron chi connectivity index (χ0n) is 8.20. The second kappa shape index (κ2) is 4.15. The van der Waals surface area contributed by atoms with E-state index in [1.807, 2.05) is 0 Å². The first-order valence-corrected chi connectivity index (χ1v) is 4.49. The third-order valence-electron chi connectivity index (χ3n) is 1.93. The second-order valence-electron chi connectivity index (χ2n) is 3.16. The SMILES string of the molecule is O=c1cc(Cn2cc(CO)nn2)occ1O. The van der Waals surface area contributed by atoms with E-state index in [-0.39, 0.29) is 13.2 Å². The molecule has 0 aliphatic heterocycles. The molecule has 7 nitrogen and oxygen atoms in total. The number of nitrogens with zero attached hydrogens (tertiary/aromatic N) is 3. The maximum absolute atomic E-state index is 11.1. The lowest BCUT2D eigenvalue weighted by molar-refractivity contribution is 0.276. The van der Waals surface area contributed by atoms with Gasteiger partial charge in [-0.05, 0) is 0 Å². The Labute approximate surface area is 89.6 Å². The van der Waals surface area contributed by atoms with Gasteiger partial charge in [0.25, 0.3) is 0 Å². The van der Waals surface area contributed by atoms with Gasteiger partial charge in [-0.15, -0.1) is 5.10 Å². The molecule has 0 atom stereocenters. The van der Waals surface area contributed by atoms with Gasteiger partial charge in [0, 0.05) is 6.07 Å². The summed E-state index contributed by atoms with van der Waals surface area (Å²) in [6.07, 6.45) is 2.51. The highest BCUT2D eigenvalue weighted by Crippen LogP contribution is 2.05. The maximum atomic E-state index is 11.1. The number of hydrogen-bond acceptors (Lipinski definition) is 6. The van der Waals surface area contributed by atoms with E-state index in [1.165, 1.54) is 16.9 Å². The van der Waals surface area contributed by atoms with Crippen molar-refractivity contribution in [3.05, 3.63) is 40.2 Å². The molecule has 0 saturated carbocycles. The van der Waals surface area contributed by atoms with Gasteiger partial charge in [-0.1, -0.05) is 5.21 Å². The normalized spacial score (nSPS) is 10.6. The lowest BCUT2D eigenvalue weighted by Gasteiger charge is -1.99. The molecule has 0 spiro atoms. The van der Waals surface area contributed by atoms with E-state index >= 15 is 0 Å². The fourth-order valence-corrected chi connectivity index (χ4v) is 1.17. The Kier molecular flexibility index (Phi) is 2.69. The Balaban J connectivity index is 2.20. The first-order valence-electron chi connectivity index (χ1n) is 4.49. The molecule has 0 unspecified atom stereocenters. The minimum absolute atomic E-state index is 0.195. The molecule has 2 rings (SSSR count). The molecule has 0 radical (unpaired) electrons. The molecule has 0 aromatic carbocycles. The number of aromatic hydroxyl groups is 1. The van der Waals surface area contributed by atoms with Crippen LogP contribution in [-0.4, -0.2) is 25.2 Å². The minimum Gasteiger partial charge on any atom is -0.502 e. The van der Waals surface area contributed by atoms with Gasteiger partial charge >= 0.3 is 0 Å². The van der Waals surface area contributed by atoms with E-state index in [9.17, 15) is 4.79 Å². The van der Waals surface area contributed by atoms with Gasteiger partial charge < -0.3 is 14.6 Å². The zero-order chi connectivity index (χ0) is 11.5. The van der Waals surface area contributed by atoms with Crippen LogP contribution in [0.15, 0.2) is 27.7 Å². The van der Waals surface area contributed by atoms with Gasteiger partial charge in [0.15, 0.2) is 5.75 Å². The van der Waals surface area contributed by atoms with E-state index in [0.29, 0.717) is 11.5 Å². The van der Waals surface area contributed by atoms with Crippen molar-refractivity contribution in [3.8, 4) is 5.75 Å². The molecule has 0 bridgehead atoms. The molecule has 16 heavy (non-hydrogen) atoms. The largest absolute Gasteiger partial charge is 0.502 e. The van der Waals surface area contributed by atoms with Gasteiger partial charge in [0.1, 0.15) is 24.3 Å². The van der Waals surface area contributed by atoms with Crippen molar-refractivity contribution in [2.75, 3.05) is 0 Å². The lowest BCUT2D eigenvalue weighted by Crippen LogP contribution is -2.05. The van der Waals surface area contributed by atoms with Crippen LogP contribution in [0.5, 0.6) is 5.75 Å². The first kappa shape index (κ1) is 10.4. The van der Waals surface area contributed by atoms with E-state index in [4.69, 9.17) is 14.6 Å². The van der Waals surface area contributed by atoms with E-state index in [1.54, 1.807) is 0 Å². The highest BCUT2D eigenvalue weighted by Gasteiger charge is 2.04. The number of aliphatic hydroxyl groups excluding tert-OH is 1. The van der Waals surface area contributed by atoms with Crippen LogP contribution in [0, 0.1) is 0 Å². The van der Waals surface area contributed by atoms with Crippen LogP contribution in [0.25, 0.3) is 0 Å². The first-order chi connectivity index (χ1) is 7.69. The zero-order valence-corrected chi connectivity index (χ0v) is 8.20. The molecule has 7 heteroatoms. The molecule has 0 aliphatic carbocycles. The summed E-state index contributed by atoms with van der Waals surface area (Å²) in [5.41, 5.74) is -0.0788. The number of rotatable bonds is 3. The van der Waals surface area contributed by atoms with E-state index < -0.39 is 11.2 Å². The van der Waals surface area contributed by atoms with Crippen LogP contribution in [0.3, 0.4) is 0 Å². The summed E-state index contributed by atoms with van der Waals surface area (Å²) < 4.78 is 6.40. The summed E-state index contributed by atoms with van der Waals surface area (Å²) in [6.45, 7) is 0.0159. The predicted octanol–water partition coefficient (Wildman–Crippen LogP) is -0.523. The summed E-state index contributed by atoms with van der Waals surface area (Å²) in [5, 5.41) is 25.1. The van der Waals surface area contributed by atoms with Gasteiger partial charge in [-0.25, -0.2) is 4.68 Å². The quantitative estimate of drug-likeness (QED) is 0.725. The Hall–Kier alpha value is -2.15. The molecule has 0 aliphatic rings. The maximum Gasteiger partial charge on any atom is 0.226 e.